The van der Waals surface area contributed by atoms with Gasteiger partial charge in [0.05, 0.1) is 13.0 Å². The molecule has 120 valence electrons. The molecule has 0 aliphatic heterocycles. The van der Waals surface area contributed by atoms with Crippen molar-refractivity contribution in [3.63, 3.8) is 0 Å². The Bertz CT molecular complexity index is 564. The zero-order valence-corrected chi connectivity index (χ0v) is 13.8. The second kappa shape index (κ2) is 7.94. The third-order valence-corrected chi connectivity index (χ3v) is 3.62. The van der Waals surface area contributed by atoms with Crippen LogP contribution in [0.15, 0.2) is 28.8 Å². The lowest BCUT2D eigenvalue weighted by atomic mass is 10.0. The molecule has 0 fully saturated rings. The lowest BCUT2D eigenvalue weighted by Crippen LogP contribution is -2.24. The molecule has 2 rings (SSSR count). The molecule has 0 radical (unpaired) electrons. The highest BCUT2D eigenvalue weighted by Gasteiger charge is 2.09. The van der Waals surface area contributed by atoms with Gasteiger partial charge in [-0.2, -0.15) is 4.98 Å². The third kappa shape index (κ3) is 4.84. The van der Waals surface area contributed by atoms with Gasteiger partial charge in [-0.25, -0.2) is 0 Å². The van der Waals surface area contributed by atoms with Crippen molar-refractivity contribution in [2.24, 2.45) is 0 Å². The molecular weight excluding hydrogens is 278 g/mol. The van der Waals surface area contributed by atoms with E-state index in [1.165, 1.54) is 5.56 Å². The van der Waals surface area contributed by atoms with Crippen LogP contribution in [0, 0.1) is 0 Å². The molecule has 0 spiro atoms. The molecular formula is C17H25N3O2. The van der Waals surface area contributed by atoms with E-state index in [1.807, 2.05) is 19.2 Å². The van der Waals surface area contributed by atoms with E-state index in [4.69, 9.17) is 9.26 Å². The first-order valence-electron chi connectivity index (χ1n) is 7.80. The van der Waals surface area contributed by atoms with Crippen molar-refractivity contribution >= 4 is 0 Å². The molecule has 0 aliphatic rings. The molecule has 2 aromatic rings. The summed E-state index contributed by atoms with van der Waals surface area (Å²) in [7, 11) is 1.92. The number of nitrogens with one attached hydrogen (secondary N) is 1. The van der Waals surface area contributed by atoms with E-state index >= 15 is 0 Å². The van der Waals surface area contributed by atoms with E-state index in [-0.39, 0.29) is 0 Å². The Morgan fingerprint density at radius 2 is 1.91 bits per heavy atom. The van der Waals surface area contributed by atoms with Crippen molar-refractivity contribution < 1.29 is 9.26 Å². The molecule has 1 N–H and O–H groups in total. The first kappa shape index (κ1) is 16.5. The molecule has 0 bridgehead atoms. The van der Waals surface area contributed by atoms with Crippen molar-refractivity contribution in [1.29, 1.82) is 0 Å². The lowest BCUT2D eigenvalue weighted by Gasteiger charge is -2.08. The molecule has 1 unspecified atom stereocenters. The Hall–Kier alpha value is -1.88. The van der Waals surface area contributed by atoms with E-state index in [0.717, 1.165) is 18.0 Å². The number of likely N-dealkylation sites (N-methyl/N-ethyl adjacent to an activating group) is 1. The molecule has 0 saturated carbocycles. The molecule has 22 heavy (non-hydrogen) atoms. The number of hydrogen-bond donors (Lipinski definition) is 1. The predicted octanol–water partition coefficient (Wildman–Crippen LogP) is 2.96. The maximum atomic E-state index is 5.72. The number of nitrogens with zero attached hydrogens (tertiary/aromatic N) is 2. The highest BCUT2D eigenvalue weighted by Crippen LogP contribution is 2.18. The van der Waals surface area contributed by atoms with Crippen molar-refractivity contribution in [2.45, 2.75) is 45.6 Å². The summed E-state index contributed by atoms with van der Waals surface area (Å²) in [6.07, 6.45) is 1.38. The van der Waals surface area contributed by atoms with Crippen LogP contribution >= 0.6 is 0 Å². The fourth-order valence-electron chi connectivity index (χ4n) is 2.06. The van der Waals surface area contributed by atoms with Gasteiger partial charge in [0.1, 0.15) is 5.75 Å². The van der Waals surface area contributed by atoms with Crippen LogP contribution < -0.4 is 10.1 Å². The molecule has 1 aromatic carbocycles. The van der Waals surface area contributed by atoms with E-state index in [2.05, 4.69) is 48.4 Å². The van der Waals surface area contributed by atoms with Gasteiger partial charge in [0.15, 0.2) is 5.82 Å². The van der Waals surface area contributed by atoms with Crippen LogP contribution in [0.1, 0.15) is 44.0 Å². The minimum absolute atomic E-state index is 0.334. The fraction of sp³-hybridized carbons (Fsp3) is 0.529. The van der Waals surface area contributed by atoms with Gasteiger partial charge in [-0.3, -0.25) is 0 Å². The first-order chi connectivity index (χ1) is 10.6. The van der Waals surface area contributed by atoms with Crippen LogP contribution in [0.5, 0.6) is 5.75 Å². The van der Waals surface area contributed by atoms with Gasteiger partial charge in [0, 0.05) is 12.5 Å². The molecule has 1 heterocycles. The lowest BCUT2D eigenvalue weighted by molar-refractivity contribution is 0.291. The standard InChI is InChI=1S/C17H25N3O2/c1-12(2)14-5-7-15(8-6-14)21-10-9-17-19-16(20-22-17)11-13(3)18-4/h5-8,12-13,18H,9-11H2,1-4H3. The second-order valence-corrected chi connectivity index (χ2v) is 5.82. The molecule has 0 aliphatic carbocycles. The van der Waals surface area contributed by atoms with Gasteiger partial charge in [0.2, 0.25) is 5.89 Å². The van der Waals surface area contributed by atoms with Crippen LogP contribution in [0.2, 0.25) is 0 Å². The predicted molar refractivity (Wildman–Crippen MR) is 86.3 cm³/mol. The fourth-order valence-corrected chi connectivity index (χ4v) is 2.06. The SMILES string of the molecule is CNC(C)Cc1noc(CCOc2ccc(C(C)C)cc2)n1. The Labute approximate surface area is 132 Å². The van der Waals surface area contributed by atoms with Gasteiger partial charge in [0.25, 0.3) is 0 Å². The minimum atomic E-state index is 0.334. The summed E-state index contributed by atoms with van der Waals surface area (Å²) >= 11 is 0. The van der Waals surface area contributed by atoms with Gasteiger partial charge in [-0.05, 0) is 37.6 Å². The summed E-state index contributed by atoms with van der Waals surface area (Å²) in [4.78, 5) is 4.37. The molecule has 5 nitrogen and oxygen atoms in total. The van der Waals surface area contributed by atoms with E-state index in [0.29, 0.717) is 30.9 Å². The second-order valence-electron chi connectivity index (χ2n) is 5.82. The monoisotopic (exact) mass is 303 g/mol. The topological polar surface area (TPSA) is 60.2 Å². The normalized spacial score (nSPS) is 12.6. The zero-order chi connectivity index (χ0) is 15.9. The van der Waals surface area contributed by atoms with Crippen LogP contribution in [0.25, 0.3) is 0 Å². The average molecular weight is 303 g/mol. The molecule has 0 saturated heterocycles. The van der Waals surface area contributed by atoms with E-state index in [9.17, 15) is 0 Å². The van der Waals surface area contributed by atoms with Gasteiger partial charge >= 0.3 is 0 Å². The largest absolute Gasteiger partial charge is 0.493 e. The smallest absolute Gasteiger partial charge is 0.230 e. The molecule has 1 atom stereocenters. The van der Waals surface area contributed by atoms with E-state index in [1.54, 1.807) is 0 Å². The van der Waals surface area contributed by atoms with Crippen molar-refractivity contribution in [3.8, 4) is 5.75 Å². The number of rotatable bonds is 8. The summed E-state index contributed by atoms with van der Waals surface area (Å²) in [5, 5.41) is 7.13. The summed E-state index contributed by atoms with van der Waals surface area (Å²) in [5.41, 5.74) is 1.31. The molecule has 1 aromatic heterocycles. The van der Waals surface area contributed by atoms with Gasteiger partial charge in [-0.15, -0.1) is 0 Å². The minimum Gasteiger partial charge on any atom is -0.493 e. The average Bonchev–Trinajstić information content (AvgIpc) is 2.95. The summed E-state index contributed by atoms with van der Waals surface area (Å²) < 4.78 is 10.9. The summed E-state index contributed by atoms with van der Waals surface area (Å²) in [6.45, 7) is 6.97. The number of ether oxygens (including phenoxy) is 1. The molecule has 0 amide bonds. The quantitative estimate of drug-likeness (QED) is 0.812. The highest BCUT2D eigenvalue weighted by atomic mass is 16.5. The Balaban J connectivity index is 1.78. The zero-order valence-electron chi connectivity index (χ0n) is 13.8. The van der Waals surface area contributed by atoms with Crippen molar-refractivity contribution in [2.75, 3.05) is 13.7 Å². The number of aromatic nitrogens is 2. The third-order valence-electron chi connectivity index (χ3n) is 3.62. The van der Waals surface area contributed by atoms with Crippen molar-refractivity contribution in [1.82, 2.24) is 15.5 Å². The molecule has 5 heteroatoms. The van der Waals surface area contributed by atoms with Gasteiger partial charge in [-0.1, -0.05) is 31.1 Å². The maximum absolute atomic E-state index is 5.72. The Morgan fingerprint density at radius 1 is 1.18 bits per heavy atom. The Morgan fingerprint density at radius 3 is 2.55 bits per heavy atom. The van der Waals surface area contributed by atoms with Crippen molar-refractivity contribution in [3.05, 3.63) is 41.5 Å². The number of hydrogen-bond acceptors (Lipinski definition) is 5. The maximum Gasteiger partial charge on any atom is 0.230 e. The van der Waals surface area contributed by atoms with Crippen LogP contribution in [0.3, 0.4) is 0 Å². The van der Waals surface area contributed by atoms with Crippen LogP contribution in [0.4, 0.5) is 0 Å². The van der Waals surface area contributed by atoms with Crippen LogP contribution in [-0.2, 0) is 12.8 Å². The van der Waals surface area contributed by atoms with E-state index < -0.39 is 0 Å². The summed E-state index contributed by atoms with van der Waals surface area (Å²) in [6, 6.07) is 8.54. The Kier molecular flexibility index (Phi) is 5.95. The first-order valence-corrected chi connectivity index (χ1v) is 7.80. The van der Waals surface area contributed by atoms with Gasteiger partial charge < -0.3 is 14.6 Å². The summed E-state index contributed by atoms with van der Waals surface area (Å²) in [5.74, 6) is 2.76. The van der Waals surface area contributed by atoms with Crippen LogP contribution in [-0.4, -0.2) is 29.8 Å². The highest BCUT2D eigenvalue weighted by molar-refractivity contribution is 5.28. The number of benzene rings is 1.